The molecule has 0 aromatic heterocycles. The first kappa shape index (κ1) is 14.5. The minimum absolute atomic E-state index is 0.0210. The Hall–Kier alpha value is -0.910. The van der Waals surface area contributed by atoms with Gasteiger partial charge < -0.3 is 10.1 Å². The number of ether oxygens (including phenoxy) is 1. The molecule has 1 aliphatic heterocycles. The van der Waals surface area contributed by atoms with Crippen LogP contribution >= 0.6 is 0 Å². The molecule has 1 saturated heterocycles. The Bertz CT molecular complexity index is 538. The maximum Gasteiger partial charge on any atom is 0.175 e. The second kappa shape index (κ2) is 5.23. The van der Waals surface area contributed by atoms with Gasteiger partial charge in [-0.15, -0.1) is 0 Å². The van der Waals surface area contributed by atoms with Gasteiger partial charge in [0.25, 0.3) is 0 Å². The van der Waals surface area contributed by atoms with Crippen LogP contribution in [0.3, 0.4) is 0 Å². The number of benzene rings is 1. The van der Waals surface area contributed by atoms with Crippen LogP contribution in [-0.4, -0.2) is 33.4 Å². The normalized spacial score (nSPS) is 28.3. The average molecular weight is 283 g/mol. The maximum absolute atomic E-state index is 11.4. The Morgan fingerprint density at radius 2 is 2.00 bits per heavy atom. The topological polar surface area (TPSA) is 55.4 Å². The van der Waals surface area contributed by atoms with Gasteiger partial charge in [0.1, 0.15) is 0 Å². The minimum Gasteiger partial charge on any atom is -0.365 e. The molecule has 0 spiro atoms. The summed E-state index contributed by atoms with van der Waals surface area (Å²) in [5.41, 5.74) is 0.859. The van der Waals surface area contributed by atoms with Crippen molar-refractivity contribution in [1.82, 2.24) is 5.32 Å². The molecular formula is C14H21NO3S. The highest BCUT2D eigenvalue weighted by Crippen LogP contribution is 2.29. The molecule has 1 heterocycles. The molecule has 5 heteroatoms. The molecule has 2 atom stereocenters. The van der Waals surface area contributed by atoms with Crippen LogP contribution in [0.2, 0.25) is 0 Å². The van der Waals surface area contributed by atoms with Crippen molar-refractivity contribution < 1.29 is 13.2 Å². The zero-order chi connectivity index (χ0) is 14.1. The van der Waals surface area contributed by atoms with E-state index in [0.717, 1.165) is 25.1 Å². The molecule has 1 fully saturated rings. The van der Waals surface area contributed by atoms with Gasteiger partial charge in [0.15, 0.2) is 9.84 Å². The Morgan fingerprint density at radius 1 is 1.37 bits per heavy atom. The van der Waals surface area contributed by atoms with Crippen molar-refractivity contribution in [2.45, 2.75) is 36.9 Å². The molecule has 1 N–H and O–H groups in total. The van der Waals surface area contributed by atoms with Crippen LogP contribution in [0.25, 0.3) is 0 Å². The predicted molar refractivity (Wildman–Crippen MR) is 74.9 cm³/mol. The monoisotopic (exact) mass is 283 g/mol. The molecule has 4 nitrogen and oxygen atoms in total. The van der Waals surface area contributed by atoms with Crippen LogP contribution in [0.4, 0.5) is 0 Å². The van der Waals surface area contributed by atoms with Crippen LogP contribution in [0.1, 0.15) is 31.9 Å². The van der Waals surface area contributed by atoms with Gasteiger partial charge in [-0.2, -0.15) is 0 Å². The quantitative estimate of drug-likeness (QED) is 0.921. The van der Waals surface area contributed by atoms with E-state index >= 15 is 0 Å². The van der Waals surface area contributed by atoms with Gasteiger partial charge in [-0.25, -0.2) is 8.42 Å². The van der Waals surface area contributed by atoms with Crippen molar-refractivity contribution in [3.8, 4) is 0 Å². The van der Waals surface area contributed by atoms with Gasteiger partial charge in [-0.1, -0.05) is 19.1 Å². The van der Waals surface area contributed by atoms with E-state index in [0.29, 0.717) is 4.90 Å². The van der Waals surface area contributed by atoms with E-state index < -0.39 is 9.84 Å². The Labute approximate surface area is 115 Å². The van der Waals surface area contributed by atoms with Crippen molar-refractivity contribution in [2.75, 3.05) is 19.3 Å². The van der Waals surface area contributed by atoms with Crippen molar-refractivity contribution in [2.24, 2.45) is 0 Å². The number of nitrogens with one attached hydrogen (secondary N) is 1. The van der Waals surface area contributed by atoms with Gasteiger partial charge >= 0.3 is 0 Å². The molecular weight excluding hydrogens is 262 g/mol. The van der Waals surface area contributed by atoms with Gasteiger partial charge in [0.2, 0.25) is 0 Å². The summed E-state index contributed by atoms with van der Waals surface area (Å²) < 4.78 is 29.0. The van der Waals surface area contributed by atoms with Crippen LogP contribution in [0.5, 0.6) is 0 Å². The standard InChI is InChI=1S/C14H21NO3S/c1-4-14(2)10-15-9-13(18-14)11-5-7-12(8-6-11)19(3,16)17/h5-8,13,15H,4,9-10H2,1-3H3. The lowest BCUT2D eigenvalue weighted by Gasteiger charge is -2.39. The third-order valence-electron chi connectivity index (χ3n) is 3.68. The molecule has 0 aliphatic carbocycles. The van der Waals surface area contributed by atoms with Gasteiger partial charge in [-0.3, -0.25) is 0 Å². The van der Waals surface area contributed by atoms with E-state index in [-0.39, 0.29) is 11.7 Å². The zero-order valence-corrected chi connectivity index (χ0v) is 12.5. The summed E-state index contributed by atoms with van der Waals surface area (Å²) in [6.45, 7) is 5.81. The summed E-state index contributed by atoms with van der Waals surface area (Å²) in [4.78, 5) is 0.346. The fourth-order valence-corrected chi connectivity index (χ4v) is 2.85. The number of hydrogen-bond donors (Lipinski definition) is 1. The first-order valence-corrected chi connectivity index (χ1v) is 8.42. The summed E-state index contributed by atoms with van der Waals surface area (Å²) >= 11 is 0. The lowest BCUT2D eigenvalue weighted by molar-refractivity contribution is -0.109. The molecule has 2 rings (SSSR count). The summed E-state index contributed by atoms with van der Waals surface area (Å²) in [6.07, 6.45) is 2.14. The first-order valence-electron chi connectivity index (χ1n) is 6.53. The Morgan fingerprint density at radius 3 is 2.53 bits per heavy atom. The molecule has 0 amide bonds. The van der Waals surface area contributed by atoms with E-state index in [9.17, 15) is 8.42 Å². The van der Waals surface area contributed by atoms with Crippen molar-refractivity contribution in [1.29, 1.82) is 0 Å². The molecule has 0 radical (unpaired) electrons. The van der Waals surface area contributed by atoms with Gasteiger partial charge in [0, 0.05) is 19.3 Å². The van der Waals surface area contributed by atoms with Gasteiger partial charge in [-0.05, 0) is 31.0 Å². The van der Waals surface area contributed by atoms with Crippen LogP contribution in [-0.2, 0) is 14.6 Å². The minimum atomic E-state index is -3.13. The van der Waals surface area contributed by atoms with E-state index in [1.165, 1.54) is 6.26 Å². The van der Waals surface area contributed by atoms with Gasteiger partial charge in [0.05, 0.1) is 16.6 Å². The fraction of sp³-hybridized carbons (Fsp3) is 0.571. The van der Waals surface area contributed by atoms with Crippen molar-refractivity contribution in [3.05, 3.63) is 29.8 Å². The second-order valence-electron chi connectivity index (χ2n) is 5.38. The Kier molecular flexibility index (Phi) is 3.99. The first-order chi connectivity index (χ1) is 8.84. The largest absolute Gasteiger partial charge is 0.365 e. The SMILES string of the molecule is CCC1(C)CNCC(c2ccc(S(C)(=O)=O)cc2)O1. The zero-order valence-electron chi connectivity index (χ0n) is 11.6. The third-order valence-corrected chi connectivity index (χ3v) is 4.81. The number of sulfone groups is 1. The molecule has 0 bridgehead atoms. The van der Waals surface area contributed by atoms with E-state index in [1.54, 1.807) is 12.1 Å². The van der Waals surface area contributed by atoms with Crippen molar-refractivity contribution in [3.63, 3.8) is 0 Å². The van der Waals surface area contributed by atoms with E-state index in [4.69, 9.17) is 4.74 Å². The molecule has 1 aromatic rings. The van der Waals surface area contributed by atoms with E-state index in [2.05, 4.69) is 19.2 Å². The van der Waals surface area contributed by atoms with Crippen LogP contribution < -0.4 is 5.32 Å². The van der Waals surface area contributed by atoms with Crippen LogP contribution in [0, 0.1) is 0 Å². The van der Waals surface area contributed by atoms with Crippen LogP contribution in [0.15, 0.2) is 29.2 Å². The summed E-state index contributed by atoms with van der Waals surface area (Å²) in [5, 5.41) is 3.38. The summed E-state index contributed by atoms with van der Waals surface area (Å²) in [7, 11) is -3.13. The lowest BCUT2D eigenvalue weighted by Crippen LogP contribution is -2.48. The molecule has 19 heavy (non-hydrogen) atoms. The molecule has 0 saturated carbocycles. The van der Waals surface area contributed by atoms with E-state index in [1.807, 2.05) is 12.1 Å². The smallest absolute Gasteiger partial charge is 0.175 e. The molecule has 2 unspecified atom stereocenters. The highest BCUT2D eigenvalue weighted by atomic mass is 32.2. The Balaban J connectivity index is 2.19. The molecule has 1 aromatic carbocycles. The predicted octanol–water partition coefficient (Wildman–Crippen LogP) is 1.92. The lowest BCUT2D eigenvalue weighted by atomic mass is 9.98. The number of rotatable bonds is 3. The molecule has 1 aliphatic rings. The molecule has 106 valence electrons. The highest BCUT2D eigenvalue weighted by Gasteiger charge is 2.31. The number of hydrogen-bond acceptors (Lipinski definition) is 4. The second-order valence-corrected chi connectivity index (χ2v) is 7.40. The fourth-order valence-electron chi connectivity index (χ4n) is 2.22. The summed E-state index contributed by atoms with van der Waals surface area (Å²) in [6, 6.07) is 6.96. The third kappa shape index (κ3) is 3.35. The number of morpholine rings is 1. The average Bonchev–Trinajstić information content (AvgIpc) is 2.38. The van der Waals surface area contributed by atoms with Crippen molar-refractivity contribution >= 4 is 9.84 Å². The summed E-state index contributed by atoms with van der Waals surface area (Å²) in [5.74, 6) is 0. The highest BCUT2D eigenvalue weighted by molar-refractivity contribution is 7.90. The maximum atomic E-state index is 11.4.